The fourth-order valence-electron chi connectivity index (χ4n) is 9.72. The Morgan fingerprint density at radius 3 is 2.88 bits per heavy atom. The van der Waals surface area contributed by atoms with Gasteiger partial charge in [0.1, 0.15) is 12.5 Å². The first-order chi connectivity index (χ1) is 12.5. The first-order valence-corrected chi connectivity index (χ1v) is 10.9. The summed E-state index contributed by atoms with van der Waals surface area (Å²) in [6.07, 6.45) is 8.94. The summed E-state index contributed by atoms with van der Waals surface area (Å²) in [5, 5.41) is 11.4. The van der Waals surface area contributed by atoms with Crippen LogP contribution in [0.15, 0.2) is 12.2 Å². The van der Waals surface area contributed by atoms with E-state index >= 15 is 0 Å². The van der Waals surface area contributed by atoms with Crippen LogP contribution < -0.4 is 0 Å². The number of hydrogen-bond donors (Lipinski definition) is 1. The van der Waals surface area contributed by atoms with Gasteiger partial charge < -0.3 is 14.6 Å². The SMILES string of the molecule is C=C1[C@H]2CC[C@@]3(C4C[C@@H]5[C@@]6(C)CCC[C@@]5(C(O4)N4CCO[C@@H]46)[C@@H]3C2)[C@@H]1O. The monoisotopic (exact) mass is 357 g/mol. The fourth-order valence-corrected chi connectivity index (χ4v) is 9.72. The van der Waals surface area contributed by atoms with Gasteiger partial charge in [-0.2, -0.15) is 0 Å². The van der Waals surface area contributed by atoms with Gasteiger partial charge in [0.25, 0.3) is 0 Å². The van der Waals surface area contributed by atoms with E-state index in [1.54, 1.807) is 0 Å². The Labute approximate surface area is 155 Å². The summed E-state index contributed by atoms with van der Waals surface area (Å²) < 4.78 is 13.2. The van der Waals surface area contributed by atoms with Crippen LogP contribution in [0.25, 0.3) is 0 Å². The van der Waals surface area contributed by atoms with Crippen molar-refractivity contribution in [2.24, 2.45) is 34.0 Å². The minimum Gasteiger partial charge on any atom is -0.388 e. The molecule has 10 atom stereocenters. The fraction of sp³-hybridized carbons (Fsp3) is 0.909. The molecule has 0 aromatic rings. The Morgan fingerprint density at radius 2 is 2.00 bits per heavy atom. The van der Waals surface area contributed by atoms with Crippen LogP contribution >= 0.6 is 0 Å². The first-order valence-electron chi connectivity index (χ1n) is 10.9. The van der Waals surface area contributed by atoms with Crippen molar-refractivity contribution >= 4 is 0 Å². The van der Waals surface area contributed by atoms with Gasteiger partial charge in [0, 0.05) is 22.8 Å². The number of fused-ring (bicyclic) bond motifs is 4. The largest absolute Gasteiger partial charge is 0.388 e. The molecule has 4 nitrogen and oxygen atoms in total. The molecule has 1 N–H and O–H groups in total. The predicted molar refractivity (Wildman–Crippen MR) is 96.0 cm³/mol. The Morgan fingerprint density at radius 1 is 1.12 bits per heavy atom. The predicted octanol–water partition coefficient (Wildman–Crippen LogP) is 2.91. The van der Waals surface area contributed by atoms with Crippen molar-refractivity contribution in [3.05, 3.63) is 12.2 Å². The van der Waals surface area contributed by atoms with Gasteiger partial charge in [0.15, 0.2) is 0 Å². The van der Waals surface area contributed by atoms with E-state index in [1.165, 1.54) is 32.1 Å². The maximum absolute atomic E-state index is 11.4. The summed E-state index contributed by atoms with van der Waals surface area (Å²) in [4.78, 5) is 2.60. The quantitative estimate of drug-likeness (QED) is 0.677. The standard InChI is InChI=1S/C22H31NO3/c1-12-13-4-7-22(17(12)24)15(10-13)21-6-3-5-20(2)14(21)11-16(22)26-19(21)23-8-9-25-18(20)23/h13-19,24H,1,3-11H2,2H3/t13-,14+,15-,16?,17+,18+,19?,20+,21-,22+/m0/s1. The number of rotatable bonds is 0. The minimum atomic E-state index is -0.345. The highest BCUT2D eigenvalue weighted by atomic mass is 16.6. The molecule has 0 amide bonds. The average Bonchev–Trinajstić information content (AvgIpc) is 3.14. The van der Waals surface area contributed by atoms with Gasteiger partial charge in [-0.1, -0.05) is 19.9 Å². The van der Waals surface area contributed by atoms with Gasteiger partial charge in [0.05, 0.1) is 18.8 Å². The molecule has 26 heavy (non-hydrogen) atoms. The summed E-state index contributed by atoms with van der Waals surface area (Å²) in [5.74, 6) is 1.84. The summed E-state index contributed by atoms with van der Waals surface area (Å²) >= 11 is 0. The van der Waals surface area contributed by atoms with E-state index in [2.05, 4.69) is 18.4 Å². The zero-order valence-corrected chi connectivity index (χ0v) is 15.8. The second-order valence-electron chi connectivity index (χ2n) is 10.8. The van der Waals surface area contributed by atoms with Gasteiger partial charge in [-0.3, -0.25) is 0 Å². The van der Waals surface area contributed by atoms with Crippen LogP contribution in [-0.4, -0.2) is 47.8 Å². The molecular weight excluding hydrogens is 326 g/mol. The summed E-state index contributed by atoms with van der Waals surface area (Å²) in [6, 6.07) is 0. The van der Waals surface area contributed by atoms with Gasteiger partial charge in [0.2, 0.25) is 0 Å². The number of hydrogen-bond acceptors (Lipinski definition) is 4. The lowest BCUT2D eigenvalue weighted by Gasteiger charge is -2.80. The third-order valence-electron chi connectivity index (χ3n) is 10.5. The Kier molecular flexibility index (Phi) is 2.64. The maximum atomic E-state index is 11.4. The lowest BCUT2D eigenvalue weighted by Crippen LogP contribution is -2.83. The van der Waals surface area contributed by atoms with Crippen LogP contribution in [0.3, 0.4) is 0 Å². The molecule has 5 saturated carbocycles. The molecule has 4 saturated heterocycles. The zero-order chi connectivity index (χ0) is 17.5. The molecule has 9 aliphatic rings. The summed E-state index contributed by atoms with van der Waals surface area (Å²) in [5.41, 5.74) is 1.55. The molecule has 4 heteroatoms. The van der Waals surface area contributed by atoms with Crippen molar-refractivity contribution in [3.8, 4) is 0 Å². The van der Waals surface area contributed by atoms with Crippen LogP contribution in [0, 0.1) is 34.0 Å². The van der Waals surface area contributed by atoms with Gasteiger partial charge in [-0.05, 0) is 61.9 Å². The number of piperidine rings is 1. The van der Waals surface area contributed by atoms with Gasteiger partial charge in [-0.15, -0.1) is 0 Å². The van der Waals surface area contributed by atoms with Crippen molar-refractivity contribution in [2.75, 3.05) is 13.2 Å². The van der Waals surface area contributed by atoms with Crippen molar-refractivity contribution in [1.82, 2.24) is 4.90 Å². The van der Waals surface area contributed by atoms with E-state index in [-0.39, 0.29) is 40.9 Å². The second-order valence-corrected chi connectivity index (χ2v) is 10.8. The Bertz CT molecular complexity index is 710. The highest BCUT2D eigenvalue weighted by molar-refractivity contribution is 5.32. The van der Waals surface area contributed by atoms with Crippen molar-refractivity contribution < 1.29 is 14.6 Å². The third-order valence-corrected chi connectivity index (χ3v) is 10.5. The highest BCUT2D eigenvalue weighted by Gasteiger charge is 2.80. The van der Waals surface area contributed by atoms with Gasteiger partial charge in [-0.25, -0.2) is 4.90 Å². The van der Waals surface area contributed by atoms with Crippen molar-refractivity contribution in [2.45, 2.75) is 76.5 Å². The Balaban J connectivity index is 1.45. The molecule has 2 spiro atoms. The molecule has 7 bridgehead atoms. The molecule has 0 radical (unpaired) electrons. The van der Waals surface area contributed by atoms with E-state index in [0.29, 0.717) is 17.8 Å². The maximum Gasteiger partial charge on any atom is 0.119 e. The molecule has 5 aliphatic carbocycles. The number of ether oxygens (including phenoxy) is 2. The molecule has 9 rings (SSSR count). The number of aliphatic hydroxyl groups is 1. The average molecular weight is 357 g/mol. The van der Waals surface area contributed by atoms with Crippen LogP contribution in [-0.2, 0) is 9.47 Å². The molecule has 4 aliphatic heterocycles. The molecule has 4 heterocycles. The van der Waals surface area contributed by atoms with Crippen LogP contribution in [0.2, 0.25) is 0 Å². The highest BCUT2D eigenvalue weighted by Crippen LogP contribution is 2.79. The topological polar surface area (TPSA) is 41.9 Å². The molecular formula is C22H31NO3. The normalized spacial score (nSPS) is 65.2. The third kappa shape index (κ3) is 1.32. The number of aliphatic hydroxyl groups excluding tert-OH is 1. The van der Waals surface area contributed by atoms with E-state index in [4.69, 9.17) is 9.47 Å². The minimum absolute atomic E-state index is 0.0511. The Hall–Kier alpha value is -0.420. The summed E-state index contributed by atoms with van der Waals surface area (Å²) in [7, 11) is 0. The molecule has 2 unspecified atom stereocenters. The summed E-state index contributed by atoms with van der Waals surface area (Å²) in [6.45, 7) is 8.71. The van der Waals surface area contributed by atoms with Crippen LogP contribution in [0.4, 0.5) is 0 Å². The molecule has 0 aromatic heterocycles. The van der Waals surface area contributed by atoms with E-state index in [0.717, 1.165) is 31.6 Å². The van der Waals surface area contributed by atoms with E-state index in [1.807, 2.05) is 0 Å². The molecule has 0 aromatic carbocycles. The second kappa shape index (κ2) is 4.42. The number of nitrogens with zero attached hydrogens (tertiary/aromatic N) is 1. The smallest absolute Gasteiger partial charge is 0.119 e. The van der Waals surface area contributed by atoms with Crippen molar-refractivity contribution in [3.63, 3.8) is 0 Å². The molecule has 9 fully saturated rings. The molecule has 142 valence electrons. The van der Waals surface area contributed by atoms with Gasteiger partial charge >= 0.3 is 0 Å². The van der Waals surface area contributed by atoms with E-state index < -0.39 is 0 Å². The van der Waals surface area contributed by atoms with E-state index in [9.17, 15) is 5.11 Å². The lowest BCUT2D eigenvalue weighted by molar-refractivity contribution is -0.422. The van der Waals surface area contributed by atoms with Crippen LogP contribution in [0.5, 0.6) is 0 Å². The van der Waals surface area contributed by atoms with Crippen molar-refractivity contribution in [1.29, 1.82) is 0 Å². The van der Waals surface area contributed by atoms with Crippen LogP contribution in [0.1, 0.15) is 51.9 Å². The lowest BCUT2D eigenvalue weighted by atomic mass is 9.32. The first kappa shape index (κ1) is 15.5. The zero-order valence-electron chi connectivity index (χ0n) is 15.8.